The fourth-order valence-corrected chi connectivity index (χ4v) is 7.19. The molecule has 0 aromatic heterocycles. The van der Waals surface area contributed by atoms with E-state index < -0.39 is 15.6 Å². The fraction of sp³-hybridized carbons (Fsp3) is 0.500. The molecule has 0 radical (unpaired) electrons. The van der Waals surface area contributed by atoms with Crippen LogP contribution in [0.5, 0.6) is 0 Å². The summed E-state index contributed by atoms with van der Waals surface area (Å²) in [7, 11) is -3.83. The van der Waals surface area contributed by atoms with Gasteiger partial charge in [-0.05, 0) is 87.3 Å². The summed E-state index contributed by atoms with van der Waals surface area (Å²) in [6.07, 6.45) is 11.6. The van der Waals surface area contributed by atoms with Gasteiger partial charge in [-0.25, -0.2) is 8.42 Å². The summed E-state index contributed by atoms with van der Waals surface area (Å²) in [5.41, 5.74) is 2.50. The van der Waals surface area contributed by atoms with Gasteiger partial charge in [-0.15, -0.1) is 6.42 Å². The van der Waals surface area contributed by atoms with Gasteiger partial charge in [-0.2, -0.15) is 4.72 Å². The molecule has 2 saturated carbocycles. The fourth-order valence-electron chi connectivity index (χ4n) is 5.78. The van der Waals surface area contributed by atoms with Crippen LogP contribution in [0.15, 0.2) is 47.4 Å². The van der Waals surface area contributed by atoms with Crippen molar-refractivity contribution in [2.45, 2.75) is 62.0 Å². The van der Waals surface area contributed by atoms with Crippen molar-refractivity contribution in [2.75, 3.05) is 47.9 Å². The summed E-state index contributed by atoms with van der Waals surface area (Å²) >= 11 is 0. The lowest BCUT2D eigenvalue weighted by Gasteiger charge is -2.35. The van der Waals surface area contributed by atoms with Crippen molar-refractivity contribution in [3.05, 3.63) is 48.0 Å². The monoisotopic (exact) mass is 548 g/mol. The molecule has 9 heteroatoms. The third kappa shape index (κ3) is 5.51. The Bertz CT molecular complexity index is 1410. The third-order valence-electron chi connectivity index (χ3n) is 8.71. The van der Waals surface area contributed by atoms with E-state index in [1.54, 1.807) is 12.1 Å². The number of sulfonamides is 1. The highest BCUT2D eigenvalue weighted by molar-refractivity contribution is 7.89. The molecule has 39 heavy (non-hydrogen) atoms. The maximum Gasteiger partial charge on any atom is 0.257 e. The van der Waals surface area contributed by atoms with Gasteiger partial charge in [0, 0.05) is 37.6 Å². The molecule has 2 aromatic carbocycles. The minimum absolute atomic E-state index is 0.130. The third-order valence-corrected chi connectivity index (χ3v) is 10.2. The summed E-state index contributed by atoms with van der Waals surface area (Å²) in [4.78, 5) is 18.2. The highest BCUT2D eigenvalue weighted by Crippen LogP contribution is 2.54. The Hall–Kier alpha value is -3.06. The van der Waals surface area contributed by atoms with Crippen molar-refractivity contribution in [3.63, 3.8) is 0 Å². The Morgan fingerprint density at radius 3 is 2.46 bits per heavy atom. The van der Waals surface area contributed by atoms with Crippen LogP contribution in [0.1, 0.15) is 55.8 Å². The first-order valence-electron chi connectivity index (χ1n) is 13.9. The number of piperidine rings is 1. The van der Waals surface area contributed by atoms with Crippen molar-refractivity contribution in [3.8, 4) is 12.3 Å². The van der Waals surface area contributed by atoms with Crippen molar-refractivity contribution >= 4 is 33.0 Å². The summed E-state index contributed by atoms with van der Waals surface area (Å²) in [6, 6.07) is 12.6. The second-order valence-corrected chi connectivity index (χ2v) is 13.3. The van der Waals surface area contributed by atoms with Crippen LogP contribution in [-0.4, -0.2) is 58.8 Å². The maximum atomic E-state index is 13.6. The summed E-state index contributed by atoms with van der Waals surface area (Å²) < 4.78 is 34.8. The molecular weight excluding hydrogens is 512 g/mol. The van der Waals surface area contributed by atoms with E-state index in [9.17, 15) is 13.2 Å². The Kier molecular flexibility index (Phi) is 6.61. The van der Waals surface area contributed by atoms with Crippen LogP contribution in [0.4, 0.5) is 17.1 Å². The molecule has 2 N–H and O–H groups in total. The average Bonchev–Trinajstić information content (AvgIpc) is 3.87. The van der Waals surface area contributed by atoms with Crippen molar-refractivity contribution in [1.29, 1.82) is 0 Å². The highest BCUT2D eigenvalue weighted by atomic mass is 32.2. The largest absolute Gasteiger partial charge is 0.375 e. The summed E-state index contributed by atoms with van der Waals surface area (Å²) in [5, 5.41) is 3.06. The van der Waals surface area contributed by atoms with E-state index in [2.05, 4.69) is 32.7 Å². The lowest BCUT2D eigenvalue weighted by molar-refractivity contribution is 0.0532. The molecule has 206 valence electrons. The molecule has 2 saturated heterocycles. The van der Waals surface area contributed by atoms with E-state index in [1.807, 2.05) is 24.3 Å². The number of carbonyl (C=O) groups excluding carboxylic acids is 1. The van der Waals surface area contributed by atoms with Gasteiger partial charge in [0.05, 0.1) is 34.4 Å². The molecular formula is C30H36N4O4S. The first-order valence-corrected chi connectivity index (χ1v) is 15.4. The zero-order valence-electron chi connectivity index (χ0n) is 22.4. The molecule has 4 fully saturated rings. The molecule has 2 aliphatic heterocycles. The summed E-state index contributed by atoms with van der Waals surface area (Å²) in [5.74, 6) is 2.32. The van der Waals surface area contributed by atoms with E-state index in [4.69, 9.17) is 11.2 Å². The van der Waals surface area contributed by atoms with Crippen LogP contribution in [0, 0.1) is 17.8 Å². The molecule has 8 nitrogen and oxygen atoms in total. The number of hydrogen-bond donors (Lipinski definition) is 2. The van der Waals surface area contributed by atoms with Gasteiger partial charge in [0.2, 0.25) is 10.0 Å². The van der Waals surface area contributed by atoms with Gasteiger partial charge in [0.25, 0.3) is 5.91 Å². The second kappa shape index (κ2) is 9.84. The Morgan fingerprint density at radius 1 is 1.03 bits per heavy atom. The van der Waals surface area contributed by atoms with Crippen LogP contribution in [0.2, 0.25) is 0 Å². The molecule has 1 atom stereocenters. The Balaban J connectivity index is 1.27. The molecule has 0 unspecified atom stereocenters. The van der Waals surface area contributed by atoms with E-state index in [0.29, 0.717) is 41.8 Å². The van der Waals surface area contributed by atoms with Crippen LogP contribution < -0.4 is 19.8 Å². The van der Waals surface area contributed by atoms with Crippen molar-refractivity contribution < 1.29 is 17.9 Å². The SMILES string of the molecule is C#CC1(NS(=O)(=O)c2ccc(C(=O)Nc3cccc(N4CCO[C@H](C)C4)c3)c(N3CCC4(CC3)CC4)c2)CC1. The van der Waals surface area contributed by atoms with E-state index >= 15 is 0 Å². The minimum atomic E-state index is -3.83. The number of morpholine rings is 1. The minimum Gasteiger partial charge on any atom is -0.375 e. The molecule has 0 bridgehead atoms. The predicted molar refractivity (Wildman–Crippen MR) is 153 cm³/mol. The standard InChI is InChI=1S/C30H36N4O4S/c1-3-30(11-12-30)32-39(36,37)25-7-8-26(27(20-25)33-15-13-29(9-10-29)14-16-33)28(35)31-23-5-4-6-24(19-23)34-17-18-38-22(2)21-34/h1,4-8,19-20,22,32H,9-18,21H2,2H3,(H,31,35)/t22-/m1/s1. The van der Waals surface area contributed by atoms with Gasteiger partial charge < -0.3 is 19.9 Å². The van der Waals surface area contributed by atoms with E-state index in [0.717, 1.165) is 44.7 Å². The molecule has 1 amide bonds. The smallest absolute Gasteiger partial charge is 0.257 e. The second-order valence-electron chi connectivity index (χ2n) is 11.6. The molecule has 4 aliphatic rings. The lowest BCUT2D eigenvalue weighted by atomic mass is 9.93. The number of benzene rings is 2. The van der Waals surface area contributed by atoms with Crippen LogP contribution in [-0.2, 0) is 14.8 Å². The Labute approximate surface area is 231 Å². The molecule has 2 aromatic rings. The number of nitrogens with zero attached hydrogens (tertiary/aromatic N) is 2. The lowest BCUT2D eigenvalue weighted by Crippen LogP contribution is -2.41. The Morgan fingerprint density at radius 2 is 1.79 bits per heavy atom. The first-order chi connectivity index (χ1) is 18.7. The van der Waals surface area contributed by atoms with Crippen LogP contribution in [0.25, 0.3) is 0 Å². The van der Waals surface area contributed by atoms with Crippen molar-refractivity contribution in [2.24, 2.45) is 5.41 Å². The molecule has 6 rings (SSSR count). The topological polar surface area (TPSA) is 91.0 Å². The number of nitrogens with one attached hydrogen (secondary N) is 2. The zero-order valence-corrected chi connectivity index (χ0v) is 23.2. The predicted octanol–water partition coefficient (Wildman–Crippen LogP) is 3.99. The van der Waals surface area contributed by atoms with Gasteiger partial charge >= 0.3 is 0 Å². The van der Waals surface area contributed by atoms with Crippen LogP contribution >= 0.6 is 0 Å². The van der Waals surface area contributed by atoms with Crippen LogP contribution in [0.3, 0.4) is 0 Å². The zero-order chi connectivity index (χ0) is 27.3. The van der Waals surface area contributed by atoms with Gasteiger partial charge in [-0.3, -0.25) is 4.79 Å². The number of carbonyl (C=O) groups is 1. The van der Waals surface area contributed by atoms with Gasteiger partial charge in [0.15, 0.2) is 0 Å². The number of anilines is 3. The maximum absolute atomic E-state index is 13.6. The average molecular weight is 549 g/mol. The highest BCUT2D eigenvalue weighted by Gasteiger charge is 2.46. The number of terminal acetylenes is 1. The number of amides is 1. The quantitative estimate of drug-likeness (QED) is 0.509. The number of ether oxygens (including phenoxy) is 1. The van der Waals surface area contributed by atoms with Gasteiger partial charge in [-0.1, -0.05) is 12.0 Å². The summed E-state index contributed by atoms with van der Waals surface area (Å²) in [6.45, 7) is 5.93. The van der Waals surface area contributed by atoms with Crippen molar-refractivity contribution in [1.82, 2.24) is 4.72 Å². The molecule has 1 spiro atoms. The molecule has 2 aliphatic carbocycles. The van der Waals surface area contributed by atoms with Gasteiger partial charge in [0.1, 0.15) is 0 Å². The first kappa shape index (κ1) is 26.2. The van der Waals surface area contributed by atoms with E-state index in [-0.39, 0.29) is 16.9 Å². The molecule has 2 heterocycles. The number of rotatable bonds is 7. The number of hydrogen-bond acceptors (Lipinski definition) is 6. The van der Waals surface area contributed by atoms with E-state index in [1.165, 1.54) is 18.9 Å². The normalized spacial score (nSPS) is 23.2.